The van der Waals surface area contributed by atoms with E-state index in [1.54, 1.807) is 6.07 Å². The van der Waals surface area contributed by atoms with Gasteiger partial charge in [-0.3, -0.25) is 10.1 Å². The van der Waals surface area contributed by atoms with Gasteiger partial charge in [0, 0.05) is 32.2 Å². The standard InChI is InChI=1S/C13H18ClN3O3/c1-3-15-4-6-16(7-5-15)13-11(14)8-10(20-2)9-12(13)17(18)19/h8-9H,3-7H2,1-2H3. The molecular formula is C13H18ClN3O3. The summed E-state index contributed by atoms with van der Waals surface area (Å²) in [5.74, 6) is 0.401. The van der Waals surface area contributed by atoms with Crippen LogP contribution in [-0.2, 0) is 0 Å². The number of hydrogen-bond donors (Lipinski definition) is 0. The van der Waals surface area contributed by atoms with Gasteiger partial charge in [0.2, 0.25) is 0 Å². The molecule has 0 aliphatic carbocycles. The van der Waals surface area contributed by atoms with Gasteiger partial charge in [0.25, 0.3) is 5.69 Å². The predicted octanol–water partition coefficient (Wildman–Crippen LogP) is 2.40. The van der Waals surface area contributed by atoms with Crippen molar-refractivity contribution in [2.75, 3.05) is 44.7 Å². The topological polar surface area (TPSA) is 58.8 Å². The van der Waals surface area contributed by atoms with E-state index in [1.165, 1.54) is 13.2 Å². The van der Waals surface area contributed by atoms with Gasteiger partial charge in [0.05, 0.1) is 23.1 Å². The first-order valence-electron chi connectivity index (χ1n) is 6.56. The molecule has 1 aromatic carbocycles. The fourth-order valence-electron chi connectivity index (χ4n) is 2.42. The molecule has 1 fully saturated rings. The minimum Gasteiger partial charge on any atom is -0.496 e. The van der Waals surface area contributed by atoms with Gasteiger partial charge in [0.1, 0.15) is 11.4 Å². The van der Waals surface area contributed by atoms with Crippen molar-refractivity contribution in [2.45, 2.75) is 6.92 Å². The largest absolute Gasteiger partial charge is 0.496 e. The Kier molecular flexibility index (Phi) is 4.67. The second-order valence-corrected chi connectivity index (χ2v) is 5.06. The van der Waals surface area contributed by atoms with Crippen molar-refractivity contribution in [3.63, 3.8) is 0 Å². The van der Waals surface area contributed by atoms with Crippen LogP contribution in [0.15, 0.2) is 12.1 Å². The molecule has 1 saturated heterocycles. The van der Waals surface area contributed by atoms with Crippen LogP contribution in [0.4, 0.5) is 11.4 Å². The Hall–Kier alpha value is -1.53. The van der Waals surface area contributed by atoms with Crippen molar-refractivity contribution in [3.05, 3.63) is 27.3 Å². The van der Waals surface area contributed by atoms with Gasteiger partial charge in [-0.15, -0.1) is 0 Å². The van der Waals surface area contributed by atoms with E-state index < -0.39 is 4.92 Å². The lowest BCUT2D eigenvalue weighted by Crippen LogP contribution is -2.46. The Balaban J connectivity index is 2.33. The molecule has 1 aliphatic rings. The molecule has 0 atom stereocenters. The van der Waals surface area contributed by atoms with Gasteiger partial charge in [-0.05, 0) is 6.54 Å². The average molecular weight is 300 g/mol. The van der Waals surface area contributed by atoms with Crippen LogP contribution in [0.25, 0.3) is 0 Å². The summed E-state index contributed by atoms with van der Waals surface area (Å²) in [7, 11) is 1.47. The number of ether oxygens (including phenoxy) is 1. The fourth-order valence-corrected chi connectivity index (χ4v) is 2.74. The van der Waals surface area contributed by atoms with Gasteiger partial charge in [0.15, 0.2) is 0 Å². The number of piperazine rings is 1. The lowest BCUT2D eigenvalue weighted by atomic mass is 10.2. The highest BCUT2D eigenvalue weighted by Gasteiger charge is 2.27. The summed E-state index contributed by atoms with van der Waals surface area (Å²) < 4.78 is 5.05. The average Bonchev–Trinajstić information content (AvgIpc) is 2.46. The molecule has 6 nitrogen and oxygen atoms in total. The van der Waals surface area contributed by atoms with Gasteiger partial charge in [-0.2, -0.15) is 0 Å². The number of hydrogen-bond acceptors (Lipinski definition) is 5. The van der Waals surface area contributed by atoms with Crippen LogP contribution in [0, 0.1) is 10.1 Å². The molecule has 110 valence electrons. The SMILES string of the molecule is CCN1CCN(c2c(Cl)cc(OC)cc2[N+](=O)[O-])CC1. The summed E-state index contributed by atoms with van der Waals surface area (Å²) in [6.45, 7) is 6.35. The molecule has 2 rings (SSSR count). The van der Waals surface area contributed by atoms with Crippen LogP contribution >= 0.6 is 11.6 Å². The molecule has 20 heavy (non-hydrogen) atoms. The first-order valence-corrected chi connectivity index (χ1v) is 6.93. The van der Waals surface area contributed by atoms with Crippen LogP contribution < -0.4 is 9.64 Å². The highest BCUT2D eigenvalue weighted by atomic mass is 35.5. The van der Waals surface area contributed by atoms with E-state index in [2.05, 4.69) is 11.8 Å². The maximum atomic E-state index is 11.3. The maximum absolute atomic E-state index is 11.3. The zero-order chi connectivity index (χ0) is 14.7. The molecule has 1 aromatic rings. The minimum atomic E-state index is -0.407. The number of anilines is 1. The number of methoxy groups -OCH3 is 1. The Morgan fingerprint density at radius 2 is 2.00 bits per heavy atom. The van der Waals surface area contributed by atoms with E-state index in [0.29, 0.717) is 16.5 Å². The first kappa shape index (κ1) is 14.9. The molecule has 0 bridgehead atoms. The van der Waals surface area contributed by atoms with Crippen molar-refractivity contribution < 1.29 is 9.66 Å². The minimum absolute atomic E-state index is 0.000650. The number of likely N-dealkylation sites (N-methyl/N-ethyl adjacent to an activating group) is 1. The zero-order valence-corrected chi connectivity index (χ0v) is 12.4. The number of nitrogens with zero attached hydrogens (tertiary/aromatic N) is 3. The van der Waals surface area contributed by atoms with Gasteiger partial charge in [-0.25, -0.2) is 0 Å². The van der Waals surface area contributed by atoms with Crippen molar-refractivity contribution in [1.29, 1.82) is 0 Å². The van der Waals surface area contributed by atoms with Gasteiger partial charge < -0.3 is 14.5 Å². The first-order chi connectivity index (χ1) is 9.56. The third-order valence-electron chi connectivity index (χ3n) is 3.58. The van der Waals surface area contributed by atoms with Crippen LogP contribution in [0.3, 0.4) is 0 Å². The van der Waals surface area contributed by atoms with Gasteiger partial charge >= 0.3 is 0 Å². The summed E-state index contributed by atoms with van der Waals surface area (Å²) in [4.78, 5) is 15.1. The van der Waals surface area contributed by atoms with Crippen LogP contribution in [0.5, 0.6) is 5.75 Å². The second-order valence-electron chi connectivity index (χ2n) is 4.66. The summed E-state index contributed by atoms with van der Waals surface area (Å²) in [5, 5.41) is 11.6. The van der Waals surface area contributed by atoms with Crippen LogP contribution in [-0.4, -0.2) is 49.7 Å². The quantitative estimate of drug-likeness (QED) is 0.631. The molecule has 0 spiro atoms. The van der Waals surface area contributed by atoms with Crippen molar-refractivity contribution in [3.8, 4) is 5.75 Å². The zero-order valence-electron chi connectivity index (χ0n) is 11.6. The monoisotopic (exact) mass is 299 g/mol. The Bertz CT molecular complexity index is 502. The van der Waals surface area contributed by atoms with E-state index in [4.69, 9.17) is 16.3 Å². The normalized spacial score (nSPS) is 16.2. The third kappa shape index (κ3) is 2.96. The van der Waals surface area contributed by atoms with E-state index in [1.807, 2.05) is 4.90 Å². The van der Waals surface area contributed by atoms with Crippen molar-refractivity contribution in [2.24, 2.45) is 0 Å². The molecule has 0 unspecified atom stereocenters. The lowest BCUT2D eigenvalue weighted by molar-refractivity contribution is -0.384. The van der Waals surface area contributed by atoms with Crippen molar-refractivity contribution >= 4 is 23.0 Å². The van der Waals surface area contributed by atoms with Gasteiger partial charge in [-0.1, -0.05) is 18.5 Å². The number of rotatable bonds is 4. The molecule has 1 aliphatic heterocycles. The predicted molar refractivity (Wildman–Crippen MR) is 79.0 cm³/mol. The molecule has 1 heterocycles. The Labute approximate surface area is 123 Å². The third-order valence-corrected chi connectivity index (χ3v) is 3.87. The summed E-state index contributed by atoms with van der Waals surface area (Å²) >= 11 is 6.22. The highest BCUT2D eigenvalue weighted by molar-refractivity contribution is 6.34. The summed E-state index contributed by atoms with van der Waals surface area (Å²) in [6.07, 6.45) is 0. The summed E-state index contributed by atoms with van der Waals surface area (Å²) in [6, 6.07) is 3.05. The number of nitro benzene ring substituents is 1. The van der Waals surface area contributed by atoms with Crippen LogP contribution in [0.1, 0.15) is 6.92 Å². The lowest BCUT2D eigenvalue weighted by Gasteiger charge is -2.35. The fraction of sp³-hybridized carbons (Fsp3) is 0.538. The Morgan fingerprint density at radius 1 is 1.35 bits per heavy atom. The molecular weight excluding hydrogens is 282 g/mol. The second kappa shape index (κ2) is 6.28. The smallest absolute Gasteiger partial charge is 0.297 e. The molecule has 0 amide bonds. The van der Waals surface area contributed by atoms with E-state index in [0.717, 1.165) is 32.7 Å². The molecule has 0 aromatic heterocycles. The molecule has 0 N–H and O–H groups in total. The summed E-state index contributed by atoms with van der Waals surface area (Å²) in [5.41, 5.74) is 0.493. The number of benzene rings is 1. The van der Waals surface area contributed by atoms with Crippen LogP contribution in [0.2, 0.25) is 5.02 Å². The molecule has 0 saturated carbocycles. The number of nitro groups is 1. The Morgan fingerprint density at radius 3 is 2.50 bits per heavy atom. The van der Waals surface area contributed by atoms with E-state index in [-0.39, 0.29) is 5.69 Å². The molecule has 7 heteroatoms. The molecule has 0 radical (unpaired) electrons. The maximum Gasteiger partial charge on any atom is 0.297 e. The van der Waals surface area contributed by atoms with Crippen molar-refractivity contribution in [1.82, 2.24) is 4.90 Å². The van der Waals surface area contributed by atoms with E-state index >= 15 is 0 Å². The highest BCUT2D eigenvalue weighted by Crippen LogP contribution is 2.39. The van der Waals surface area contributed by atoms with E-state index in [9.17, 15) is 10.1 Å². The number of halogens is 1.